The predicted octanol–water partition coefficient (Wildman–Crippen LogP) is 3.99. The van der Waals surface area contributed by atoms with Crippen molar-refractivity contribution >= 4 is 43.8 Å². The summed E-state index contributed by atoms with van der Waals surface area (Å²) in [6.45, 7) is 6.09. The summed E-state index contributed by atoms with van der Waals surface area (Å²) in [4.78, 5) is 17.9. The number of amides is 1. The number of nitrogens with one attached hydrogen (secondary N) is 3. The third kappa shape index (κ3) is 6.19. The largest absolute Gasteiger partial charge is 0.383 e. The monoisotopic (exact) mass is 580 g/mol. The number of halogens is 1. The minimum Gasteiger partial charge on any atom is -0.383 e. The Labute approximate surface area is 238 Å². The lowest BCUT2D eigenvalue weighted by Gasteiger charge is -2.34. The van der Waals surface area contributed by atoms with E-state index in [1.807, 2.05) is 19.1 Å². The van der Waals surface area contributed by atoms with E-state index in [9.17, 15) is 17.6 Å². The molecule has 0 unspecified atom stereocenters. The summed E-state index contributed by atoms with van der Waals surface area (Å²) in [5.74, 6) is -0.875. The van der Waals surface area contributed by atoms with Gasteiger partial charge in [0.15, 0.2) is 5.82 Å². The third-order valence-corrected chi connectivity index (χ3v) is 8.87. The standard InChI is InChI=1S/C29H33FN6O4S/c1-19(18-40-3)31-27-16-21(36-13-11-35(2)12-14-36)7-9-24(27)29(37)32-28-25-17-23(8-10-26(25)33-34-28)41(38,39)22-6-4-5-20(30)15-22/h4-10,15-17,19,31H,11-14,18H2,1-3H3,(H2,32,33,34,37)/t19-/m1/s1. The quantitative estimate of drug-likeness (QED) is 0.272. The fourth-order valence-electron chi connectivity index (χ4n) is 4.87. The van der Waals surface area contributed by atoms with Gasteiger partial charge in [0.05, 0.1) is 27.5 Å². The molecule has 2 heterocycles. The Bertz CT molecular complexity index is 1670. The SMILES string of the molecule is COC[C@@H](C)Nc1cc(N2CCN(C)CC2)ccc1C(=O)Nc1n[nH]c2ccc(S(=O)(=O)c3cccc(F)c3)cc12. The van der Waals surface area contributed by atoms with Crippen molar-refractivity contribution in [3.05, 3.63) is 72.0 Å². The van der Waals surface area contributed by atoms with E-state index in [1.54, 1.807) is 19.2 Å². The number of carbonyl (C=O) groups excluding carboxylic acids is 1. The summed E-state index contributed by atoms with van der Waals surface area (Å²) in [7, 11) is -0.274. The van der Waals surface area contributed by atoms with Gasteiger partial charge in [-0.2, -0.15) is 5.10 Å². The maximum Gasteiger partial charge on any atom is 0.258 e. The minimum atomic E-state index is -4.00. The topological polar surface area (TPSA) is 120 Å². The number of fused-ring (bicyclic) bond motifs is 1. The van der Waals surface area contributed by atoms with Crippen molar-refractivity contribution in [1.82, 2.24) is 15.1 Å². The Kier molecular flexibility index (Phi) is 8.25. The van der Waals surface area contributed by atoms with Crippen LogP contribution in [0.3, 0.4) is 0 Å². The van der Waals surface area contributed by atoms with Gasteiger partial charge in [0.25, 0.3) is 5.91 Å². The fraction of sp³-hybridized carbons (Fsp3) is 0.310. The van der Waals surface area contributed by atoms with Gasteiger partial charge in [-0.1, -0.05) is 6.07 Å². The number of H-pyrrole nitrogens is 1. The van der Waals surface area contributed by atoms with Crippen molar-refractivity contribution in [2.75, 3.05) is 62.5 Å². The summed E-state index contributed by atoms with van der Waals surface area (Å²) >= 11 is 0. The Morgan fingerprint density at radius 1 is 1.07 bits per heavy atom. The van der Waals surface area contributed by atoms with Crippen LogP contribution in [0.4, 0.5) is 21.6 Å². The average molecular weight is 581 g/mol. The lowest BCUT2D eigenvalue weighted by molar-refractivity contribution is 0.102. The number of likely N-dealkylation sites (N-methyl/N-ethyl adjacent to an activating group) is 1. The van der Waals surface area contributed by atoms with Crippen molar-refractivity contribution < 1.29 is 22.3 Å². The number of methoxy groups -OCH3 is 1. The molecule has 1 atom stereocenters. The summed E-state index contributed by atoms with van der Waals surface area (Å²) in [6, 6.07) is 14.9. The van der Waals surface area contributed by atoms with Gasteiger partial charge in [-0.3, -0.25) is 9.89 Å². The maximum atomic E-state index is 13.7. The minimum absolute atomic E-state index is 0.0419. The molecule has 41 heavy (non-hydrogen) atoms. The molecule has 0 saturated carbocycles. The van der Waals surface area contributed by atoms with Gasteiger partial charge in [0, 0.05) is 56.1 Å². The van der Waals surface area contributed by atoms with Crippen molar-refractivity contribution in [2.45, 2.75) is 22.8 Å². The van der Waals surface area contributed by atoms with Crippen LogP contribution in [0.1, 0.15) is 17.3 Å². The molecular weight excluding hydrogens is 547 g/mol. The first-order valence-corrected chi connectivity index (χ1v) is 14.8. The molecule has 0 aliphatic carbocycles. The van der Waals surface area contributed by atoms with Gasteiger partial charge >= 0.3 is 0 Å². The van der Waals surface area contributed by atoms with E-state index < -0.39 is 21.6 Å². The van der Waals surface area contributed by atoms with Crippen molar-refractivity contribution in [3.8, 4) is 0 Å². The zero-order chi connectivity index (χ0) is 29.1. The second-order valence-electron chi connectivity index (χ2n) is 10.2. The van der Waals surface area contributed by atoms with Gasteiger partial charge < -0.3 is 25.2 Å². The van der Waals surface area contributed by atoms with Crippen LogP contribution in [-0.4, -0.2) is 82.4 Å². The molecule has 1 aliphatic rings. The molecule has 4 aromatic rings. The van der Waals surface area contributed by atoms with Gasteiger partial charge in [-0.05, 0) is 68.6 Å². The highest BCUT2D eigenvalue weighted by atomic mass is 32.2. The van der Waals surface area contributed by atoms with Crippen molar-refractivity contribution in [1.29, 1.82) is 0 Å². The maximum absolute atomic E-state index is 13.7. The Morgan fingerprint density at radius 2 is 1.83 bits per heavy atom. The number of aromatic nitrogens is 2. The third-order valence-electron chi connectivity index (χ3n) is 7.12. The average Bonchev–Trinajstić information content (AvgIpc) is 3.35. The van der Waals surface area contributed by atoms with Crippen LogP contribution in [0, 0.1) is 5.82 Å². The van der Waals surface area contributed by atoms with Gasteiger partial charge in [0.1, 0.15) is 5.82 Å². The van der Waals surface area contributed by atoms with Crippen molar-refractivity contribution in [3.63, 3.8) is 0 Å². The van der Waals surface area contributed by atoms with Gasteiger partial charge in [0.2, 0.25) is 9.84 Å². The van der Waals surface area contributed by atoms with E-state index in [2.05, 4.69) is 37.7 Å². The first-order valence-electron chi connectivity index (χ1n) is 13.3. The van der Waals surface area contributed by atoms with E-state index in [-0.39, 0.29) is 21.7 Å². The predicted molar refractivity (Wildman–Crippen MR) is 157 cm³/mol. The molecule has 216 valence electrons. The van der Waals surface area contributed by atoms with Crippen LogP contribution in [0.5, 0.6) is 0 Å². The van der Waals surface area contributed by atoms with E-state index in [4.69, 9.17) is 4.74 Å². The number of hydrogen-bond donors (Lipinski definition) is 3. The number of nitrogens with zero attached hydrogens (tertiary/aromatic N) is 3. The molecule has 0 bridgehead atoms. The molecule has 1 fully saturated rings. The number of aromatic amines is 1. The molecule has 0 spiro atoms. The molecule has 1 aromatic heterocycles. The number of rotatable bonds is 9. The van der Waals surface area contributed by atoms with Crippen LogP contribution in [0.2, 0.25) is 0 Å². The first kappa shape index (κ1) is 28.5. The van der Waals surface area contributed by atoms with Crippen molar-refractivity contribution in [2.24, 2.45) is 0 Å². The lowest BCUT2D eigenvalue weighted by atomic mass is 10.1. The normalized spacial score (nSPS) is 15.2. The van der Waals surface area contributed by atoms with Crippen LogP contribution < -0.4 is 15.5 Å². The second kappa shape index (κ2) is 11.9. The summed E-state index contributed by atoms with van der Waals surface area (Å²) in [5.41, 5.74) is 2.61. The number of piperazine rings is 1. The van der Waals surface area contributed by atoms with Gasteiger partial charge in [-0.25, -0.2) is 12.8 Å². The number of sulfone groups is 1. The molecule has 3 N–H and O–H groups in total. The van der Waals surface area contributed by atoms with Crippen LogP contribution in [0.25, 0.3) is 10.9 Å². The summed E-state index contributed by atoms with van der Waals surface area (Å²) in [6.07, 6.45) is 0. The zero-order valence-corrected chi connectivity index (χ0v) is 24.0. The number of ether oxygens (including phenoxy) is 1. The first-order chi connectivity index (χ1) is 19.7. The summed E-state index contributed by atoms with van der Waals surface area (Å²) in [5, 5.41) is 13.7. The number of benzene rings is 3. The van der Waals surface area contributed by atoms with Crippen LogP contribution >= 0.6 is 0 Å². The summed E-state index contributed by atoms with van der Waals surface area (Å²) < 4.78 is 45.4. The Hall–Kier alpha value is -4.00. The van der Waals surface area contributed by atoms with E-state index in [0.717, 1.165) is 37.9 Å². The molecular formula is C29H33FN6O4S. The molecule has 1 aliphatic heterocycles. The Morgan fingerprint density at radius 3 is 2.56 bits per heavy atom. The highest BCUT2D eigenvalue weighted by molar-refractivity contribution is 7.91. The highest BCUT2D eigenvalue weighted by Crippen LogP contribution is 2.30. The molecule has 1 saturated heterocycles. The lowest BCUT2D eigenvalue weighted by Crippen LogP contribution is -2.44. The number of hydrogen-bond acceptors (Lipinski definition) is 8. The zero-order valence-electron chi connectivity index (χ0n) is 23.1. The highest BCUT2D eigenvalue weighted by Gasteiger charge is 2.22. The van der Waals surface area contributed by atoms with Crippen LogP contribution in [0.15, 0.2) is 70.5 Å². The fourth-order valence-corrected chi connectivity index (χ4v) is 6.19. The van der Waals surface area contributed by atoms with E-state index in [1.165, 1.54) is 30.3 Å². The van der Waals surface area contributed by atoms with E-state index >= 15 is 0 Å². The van der Waals surface area contributed by atoms with E-state index in [0.29, 0.717) is 28.8 Å². The van der Waals surface area contributed by atoms with Crippen LogP contribution in [-0.2, 0) is 14.6 Å². The molecule has 12 heteroatoms. The number of anilines is 3. The molecule has 10 nitrogen and oxygen atoms in total. The Balaban J connectivity index is 1.45. The molecule has 0 radical (unpaired) electrons. The number of carbonyl (C=O) groups is 1. The molecule has 5 rings (SSSR count). The smallest absolute Gasteiger partial charge is 0.258 e. The van der Waals surface area contributed by atoms with Gasteiger partial charge in [-0.15, -0.1) is 0 Å². The molecule has 1 amide bonds. The second-order valence-corrected chi connectivity index (χ2v) is 12.2. The molecule has 3 aromatic carbocycles.